The molecule has 1 aromatic carbocycles. The fourth-order valence-corrected chi connectivity index (χ4v) is 7.71. The van der Waals surface area contributed by atoms with Gasteiger partial charge < -0.3 is 25.7 Å². The zero-order chi connectivity index (χ0) is 27.2. The van der Waals surface area contributed by atoms with Crippen molar-refractivity contribution in [2.24, 2.45) is 11.3 Å². The number of carbonyl (C=O) groups excluding carboxylic acids is 1. The average molecular weight is 533 g/mol. The quantitative estimate of drug-likeness (QED) is 0.448. The lowest BCUT2D eigenvalue weighted by molar-refractivity contribution is -0.133. The Balaban J connectivity index is 1.15. The first-order valence-electron chi connectivity index (χ1n) is 14.9. The van der Waals surface area contributed by atoms with Gasteiger partial charge in [-0.3, -0.25) is 9.48 Å². The van der Waals surface area contributed by atoms with Gasteiger partial charge in [-0.1, -0.05) is 0 Å². The molecule has 1 atom stereocenters. The van der Waals surface area contributed by atoms with Crippen LogP contribution in [-0.2, 0) is 29.0 Å². The highest BCUT2D eigenvalue weighted by atomic mass is 16.5. The number of hydrogen-bond donors (Lipinski definition) is 3. The van der Waals surface area contributed by atoms with Crippen LogP contribution in [0.5, 0.6) is 0 Å². The van der Waals surface area contributed by atoms with Crippen LogP contribution in [0.4, 0.5) is 11.4 Å². The third-order valence-corrected chi connectivity index (χ3v) is 10.2. The summed E-state index contributed by atoms with van der Waals surface area (Å²) in [5, 5.41) is 19.9. The number of amides is 1. The number of ether oxygens (including phenoxy) is 1. The number of aryl methyl sites for hydroxylation is 2. The lowest BCUT2D eigenvalue weighted by Gasteiger charge is -2.54. The number of carbonyl (C=O) groups is 1. The van der Waals surface area contributed by atoms with Crippen molar-refractivity contribution in [3.63, 3.8) is 0 Å². The molecule has 7 rings (SSSR count). The van der Waals surface area contributed by atoms with Crippen LogP contribution in [0.2, 0.25) is 0 Å². The highest BCUT2D eigenvalue weighted by Gasteiger charge is 2.50. The minimum Gasteiger partial charge on any atom is -0.388 e. The summed E-state index contributed by atoms with van der Waals surface area (Å²) < 4.78 is 7.91. The number of nitrogens with zero attached hydrogens (tertiary/aromatic N) is 3. The molecular formula is C31H44N6O2. The highest BCUT2D eigenvalue weighted by molar-refractivity contribution is 5.94. The molecule has 5 aliphatic rings. The minimum absolute atomic E-state index is 0.0111. The molecule has 3 saturated carbocycles. The van der Waals surface area contributed by atoms with Gasteiger partial charge >= 0.3 is 0 Å². The fraction of sp³-hybridized carbons (Fsp3) is 0.645. The number of benzene rings is 1. The van der Waals surface area contributed by atoms with E-state index in [-0.39, 0.29) is 22.8 Å². The Morgan fingerprint density at radius 2 is 1.97 bits per heavy atom. The van der Waals surface area contributed by atoms with Gasteiger partial charge in [0.15, 0.2) is 0 Å². The molecule has 2 aliphatic heterocycles. The lowest BCUT2D eigenvalue weighted by Crippen LogP contribution is -2.58. The van der Waals surface area contributed by atoms with Gasteiger partial charge in [0.2, 0.25) is 5.91 Å². The molecule has 3 aliphatic carbocycles. The van der Waals surface area contributed by atoms with Crippen molar-refractivity contribution in [3.05, 3.63) is 40.2 Å². The highest BCUT2D eigenvalue weighted by Crippen LogP contribution is 2.53. The maximum atomic E-state index is 13.0. The van der Waals surface area contributed by atoms with Crippen LogP contribution in [0.1, 0.15) is 79.4 Å². The molecule has 0 spiro atoms. The van der Waals surface area contributed by atoms with E-state index in [4.69, 9.17) is 15.2 Å². The number of nitrogens with one attached hydrogen (secondary N) is 3. The molecule has 39 heavy (non-hydrogen) atoms. The van der Waals surface area contributed by atoms with Gasteiger partial charge in [0.25, 0.3) is 0 Å². The van der Waals surface area contributed by atoms with E-state index in [1.54, 1.807) is 0 Å². The first-order chi connectivity index (χ1) is 18.8. The van der Waals surface area contributed by atoms with Gasteiger partial charge in [0.05, 0.1) is 18.2 Å². The SMILES string of the molecule is CNc1cc(C)cc(N2CCc3c(c(C)nn3CC34CCC(NC(=O)[C@@H]5CCCOC5)(CC3)CC4)C2)c1C=N. The smallest absolute Gasteiger partial charge is 0.225 e. The summed E-state index contributed by atoms with van der Waals surface area (Å²) in [6.07, 6.45) is 11.1. The minimum atomic E-state index is -0.0111. The molecule has 1 aromatic heterocycles. The Morgan fingerprint density at radius 3 is 2.64 bits per heavy atom. The second-order valence-corrected chi connectivity index (χ2v) is 12.7. The van der Waals surface area contributed by atoms with Crippen molar-refractivity contribution < 1.29 is 9.53 Å². The molecule has 0 unspecified atom stereocenters. The molecule has 3 heterocycles. The molecule has 1 saturated heterocycles. The van der Waals surface area contributed by atoms with Crippen molar-refractivity contribution in [3.8, 4) is 0 Å². The maximum absolute atomic E-state index is 13.0. The van der Waals surface area contributed by atoms with E-state index in [1.165, 1.54) is 23.0 Å². The second kappa shape index (κ2) is 10.3. The summed E-state index contributed by atoms with van der Waals surface area (Å²) in [6, 6.07) is 4.32. The molecule has 1 amide bonds. The van der Waals surface area contributed by atoms with Crippen LogP contribution < -0.4 is 15.5 Å². The van der Waals surface area contributed by atoms with E-state index >= 15 is 0 Å². The Bertz CT molecular complexity index is 1240. The van der Waals surface area contributed by atoms with Crippen LogP contribution in [0, 0.1) is 30.6 Å². The standard InChI is InChI=1S/C31H44N6O2/c1-21-15-26(33-3)24(17-32)28(16-21)36-13-6-27-25(18-36)22(2)35-37(27)20-30-7-10-31(11-8-30,12-9-30)34-29(38)23-5-4-14-39-19-23/h15-17,23,32-33H,4-14,18-20H2,1-3H3,(H,34,38)/t23-,30?,31?/m1/s1. The van der Waals surface area contributed by atoms with Gasteiger partial charge in [-0.15, -0.1) is 0 Å². The summed E-state index contributed by atoms with van der Waals surface area (Å²) >= 11 is 0. The Labute approximate surface area is 232 Å². The molecule has 8 nitrogen and oxygen atoms in total. The van der Waals surface area contributed by atoms with E-state index in [9.17, 15) is 4.79 Å². The van der Waals surface area contributed by atoms with Crippen molar-refractivity contribution in [1.82, 2.24) is 15.1 Å². The van der Waals surface area contributed by atoms with Gasteiger partial charge in [0, 0.05) is 79.7 Å². The zero-order valence-corrected chi connectivity index (χ0v) is 23.9. The zero-order valence-electron chi connectivity index (χ0n) is 23.9. The van der Waals surface area contributed by atoms with Gasteiger partial charge in [0.1, 0.15) is 0 Å². The third kappa shape index (κ3) is 4.85. The van der Waals surface area contributed by atoms with E-state index in [2.05, 4.69) is 46.2 Å². The predicted molar refractivity (Wildman–Crippen MR) is 155 cm³/mol. The Morgan fingerprint density at radius 1 is 1.21 bits per heavy atom. The van der Waals surface area contributed by atoms with Crippen LogP contribution in [0.25, 0.3) is 0 Å². The molecule has 210 valence electrons. The van der Waals surface area contributed by atoms with Gasteiger partial charge in [-0.25, -0.2) is 0 Å². The monoisotopic (exact) mass is 532 g/mol. The summed E-state index contributed by atoms with van der Waals surface area (Å²) in [4.78, 5) is 15.4. The number of anilines is 2. The molecule has 8 heteroatoms. The molecular weight excluding hydrogens is 488 g/mol. The first kappa shape index (κ1) is 26.4. The summed E-state index contributed by atoms with van der Waals surface area (Å²) in [5.41, 5.74) is 8.44. The molecule has 0 radical (unpaired) electrons. The van der Waals surface area contributed by atoms with Crippen molar-refractivity contribution in [2.75, 3.05) is 37.0 Å². The largest absolute Gasteiger partial charge is 0.388 e. The van der Waals surface area contributed by atoms with Gasteiger partial charge in [-0.05, 0) is 88.3 Å². The van der Waals surface area contributed by atoms with Crippen molar-refractivity contribution >= 4 is 23.5 Å². The van der Waals surface area contributed by atoms with Crippen LogP contribution in [0.15, 0.2) is 12.1 Å². The van der Waals surface area contributed by atoms with E-state index < -0.39 is 0 Å². The number of hydrogen-bond acceptors (Lipinski definition) is 6. The summed E-state index contributed by atoms with van der Waals surface area (Å²) in [7, 11) is 1.92. The number of fused-ring (bicyclic) bond motifs is 4. The van der Waals surface area contributed by atoms with E-state index in [0.29, 0.717) is 6.61 Å². The average Bonchev–Trinajstić information content (AvgIpc) is 3.27. The Hall–Kier alpha value is -2.87. The molecule has 2 bridgehead atoms. The van der Waals surface area contributed by atoms with Crippen LogP contribution >= 0.6 is 0 Å². The predicted octanol–water partition coefficient (Wildman–Crippen LogP) is 4.74. The van der Waals surface area contributed by atoms with Gasteiger partial charge in [-0.2, -0.15) is 5.10 Å². The fourth-order valence-electron chi connectivity index (χ4n) is 7.71. The molecule has 3 N–H and O–H groups in total. The maximum Gasteiger partial charge on any atom is 0.225 e. The first-order valence-corrected chi connectivity index (χ1v) is 14.9. The second-order valence-electron chi connectivity index (χ2n) is 12.7. The van der Waals surface area contributed by atoms with Crippen LogP contribution in [-0.4, -0.2) is 54.2 Å². The topological polar surface area (TPSA) is 95.3 Å². The summed E-state index contributed by atoms with van der Waals surface area (Å²) in [5.74, 6) is 0.242. The van der Waals surface area contributed by atoms with E-state index in [1.807, 2.05) is 7.05 Å². The van der Waals surface area contributed by atoms with Crippen molar-refractivity contribution in [2.45, 2.75) is 90.3 Å². The molecule has 2 aromatic rings. The third-order valence-electron chi connectivity index (χ3n) is 10.2. The van der Waals surface area contributed by atoms with E-state index in [0.717, 1.165) is 107 Å². The normalized spacial score (nSPS) is 28.2. The summed E-state index contributed by atoms with van der Waals surface area (Å²) in [6.45, 7) is 8.40. The number of aromatic nitrogens is 2. The van der Waals surface area contributed by atoms with Crippen molar-refractivity contribution in [1.29, 1.82) is 5.41 Å². The lowest BCUT2D eigenvalue weighted by atomic mass is 9.57. The van der Waals surface area contributed by atoms with Crippen LogP contribution in [0.3, 0.4) is 0 Å². The molecule has 4 fully saturated rings. The number of rotatable bonds is 7. The Kier molecular flexibility index (Phi) is 6.94.